The molecule has 0 atom stereocenters. The van der Waals surface area contributed by atoms with Crippen molar-refractivity contribution in [2.24, 2.45) is 0 Å². The Balaban J connectivity index is 1.17. The maximum absolute atomic E-state index is 13.1. The van der Waals surface area contributed by atoms with Gasteiger partial charge in [0.25, 0.3) is 5.91 Å². The lowest BCUT2D eigenvalue weighted by Crippen LogP contribution is -2.51. The minimum atomic E-state index is -0.343. The van der Waals surface area contributed by atoms with Crippen molar-refractivity contribution in [3.05, 3.63) is 60.0 Å². The average molecular weight is 426 g/mol. The lowest BCUT2D eigenvalue weighted by atomic mass is 10.1. The minimum Gasteiger partial charge on any atom is -0.353 e. The molecule has 1 aromatic carbocycles. The monoisotopic (exact) mass is 425 g/mol. The zero-order valence-electron chi connectivity index (χ0n) is 17.6. The summed E-state index contributed by atoms with van der Waals surface area (Å²) in [6, 6.07) is 11.6. The first-order chi connectivity index (χ1) is 15.1. The van der Waals surface area contributed by atoms with E-state index in [9.17, 15) is 14.0 Å². The Morgan fingerprint density at radius 3 is 2.16 bits per heavy atom. The van der Waals surface area contributed by atoms with Gasteiger partial charge in [-0.3, -0.25) is 14.5 Å². The molecule has 4 rings (SSSR count). The molecule has 0 radical (unpaired) electrons. The van der Waals surface area contributed by atoms with E-state index in [1.165, 1.54) is 24.3 Å². The van der Waals surface area contributed by atoms with Crippen LogP contribution in [0.1, 0.15) is 16.8 Å². The number of carbonyl (C=O) groups excluding carboxylic acids is 2. The van der Waals surface area contributed by atoms with Crippen LogP contribution in [0, 0.1) is 5.82 Å². The first kappa shape index (κ1) is 21.2. The van der Waals surface area contributed by atoms with Crippen molar-refractivity contribution in [1.29, 1.82) is 0 Å². The molecule has 2 fully saturated rings. The molecule has 2 aromatic rings. The van der Waals surface area contributed by atoms with Crippen LogP contribution in [0.2, 0.25) is 0 Å². The van der Waals surface area contributed by atoms with Gasteiger partial charge in [-0.2, -0.15) is 0 Å². The van der Waals surface area contributed by atoms with Crippen LogP contribution in [0.3, 0.4) is 0 Å². The van der Waals surface area contributed by atoms with Crippen molar-refractivity contribution < 1.29 is 14.0 Å². The van der Waals surface area contributed by atoms with Gasteiger partial charge in [-0.15, -0.1) is 0 Å². The van der Waals surface area contributed by atoms with Gasteiger partial charge in [0.2, 0.25) is 5.91 Å². The van der Waals surface area contributed by atoms with E-state index in [1.807, 2.05) is 23.1 Å². The van der Waals surface area contributed by atoms with Crippen LogP contribution in [0.5, 0.6) is 0 Å². The van der Waals surface area contributed by atoms with Gasteiger partial charge in [0.1, 0.15) is 11.6 Å². The van der Waals surface area contributed by atoms with Crippen LogP contribution in [0.25, 0.3) is 0 Å². The number of benzene rings is 1. The average Bonchev–Trinajstić information content (AvgIpc) is 2.83. The smallest absolute Gasteiger partial charge is 0.253 e. The Morgan fingerprint density at radius 2 is 1.52 bits per heavy atom. The van der Waals surface area contributed by atoms with Crippen molar-refractivity contribution in [3.8, 4) is 0 Å². The van der Waals surface area contributed by atoms with Crippen LogP contribution < -0.4 is 4.90 Å². The second kappa shape index (κ2) is 9.87. The minimum absolute atomic E-state index is 0.0681. The van der Waals surface area contributed by atoms with Gasteiger partial charge in [0.15, 0.2) is 0 Å². The van der Waals surface area contributed by atoms with Crippen molar-refractivity contribution in [1.82, 2.24) is 19.7 Å². The molecule has 164 valence electrons. The first-order valence-corrected chi connectivity index (χ1v) is 10.8. The lowest BCUT2D eigenvalue weighted by molar-refractivity contribution is -0.131. The van der Waals surface area contributed by atoms with E-state index < -0.39 is 0 Å². The van der Waals surface area contributed by atoms with Gasteiger partial charge in [-0.05, 0) is 36.4 Å². The van der Waals surface area contributed by atoms with Crippen molar-refractivity contribution in [3.63, 3.8) is 0 Å². The number of aromatic nitrogens is 1. The summed E-state index contributed by atoms with van der Waals surface area (Å²) in [5.74, 6) is 0.735. The molecule has 0 spiro atoms. The van der Waals surface area contributed by atoms with Crippen molar-refractivity contribution in [2.75, 3.05) is 63.8 Å². The van der Waals surface area contributed by atoms with E-state index in [-0.39, 0.29) is 17.6 Å². The third kappa shape index (κ3) is 5.38. The summed E-state index contributed by atoms with van der Waals surface area (Å²) >= 11 is 0. The van der Waals surface area contributed by atoms with Crippen LogP contribution in [0.4, 0.5) is 10.2 Å². The summed E-state index contributed by atoms with van der Waals surface area (Å²) in [6.07, 6.45) is 2.29. The molecule has 0 bridgehead atoms. The number of hydrogen-bond acceptors (Lipinski definition) is 5. The second-order valence-corrected chi connectivity index (χ2v) is 7.95. The predicted octanol–water partition coefficient (Wildman–Crippen LogP) is 1.72. The number of hydrogen-bond donors (Lipinski definition) is 0. The van der Waals surface area contributed by atoms with Gasteiger partial charge in [0, 0.05) is 77.1 Å². The Kier molecular flexibility index (Phi) is 6.76. The zero-order chi connectivity index (χ0) is 21.6. The molecule has 0 unspecified atom stereocenters. The molecular formula is C23H28FN5O2. The Labute approximate surface area is 182 Å². The SMILES string of the molecule is O=C(CCN1CCN(C(=O)c2ccc(F)cc2)CC1)N1CCN(c2ccccn2)CC1. The summed E-state index contributed by atoms with van der Waals surface area (Å²) in [7, 11) is 0. The Morgan fingerprint density at radius 1 is 0.839 bits per heavy atom. The summed E-state index contributed by atoms with van der Waals surface area (Å²) < 4.78 is 13.1. The summed E-state index contributed by atoms with van der Waals surface area (Å²) in [5, 5.41) is 0. The largest absolute Gasteiger partial charge is 0.353 e. The molecule has 2 aliphatic heterocycles. The van der Waals surface area contributed by atoms with Gasteiger partial charge in [0.05, 0.1) is 0 Å². The summed E-state index contributed by atoms with van der Waals surface area (Å²) in [4.78, 5) is 37.7. The van der Waals surface area contributed by atoms with E-state index in [2.05, 4.69) is 14.8 Å². The lowest BCUT2D eigenvalue weighted by Gasteiger charge is -2.37. The molecule has 1 aromatic heterocycles. The molecule has 31 heavy (non-hydrogen) atoms. The van der Waals surface area contributed by atoms with Crippen LogP contribution in [-0.4, -0.2) is 90.4 Å². The highest BCUT2D eigenvalue weighted by Crippen LogP contribution is 2.14. The van der Waals surface area contributed by atoms with E-state index in [4.69, 9.17) is 0 Å². The fraction of sp³-hybridized carbons (Fsp3) is 0.435. The topological polar surface area (TPSA) is 60.0 Å². The van der Waals surface area contributed by atoms with E-state index in [0.29, 0.717) is 31.6 Å². The van der Waals surface area contributed by atoms with E-state index >= 15 is 0 Å². The molecule has 2 aliphatic rings. The highest BCUT2D eigenvalue weighted by atomic mass is 19.1. The van der Waals surface area contributed by atoms with Gasteiger partial charge < -0.3 is 14.7 Å². The quantitative estimate of drug-likeness (QED) is 0.730. The molecule has 8 heteroatoms. The summed E-state index contributed by atoms with van der Waals surface area (Å²) in [6.45, 7) is 6.46. The highest BCUT2D eigenvalue weighted by molar-refractivity contribution is 5.94. The van der Waals surface area contributed by atoms with E-state index in [0.717, 1.165) is 45.1 Å². The van der Waals surface area contributed by atoms with Gasteiger partial charge >= 0.3 is 0 Å². The number of pyridine rings is 1. The second-order valence-electron chi connectivity index (χ2n) is 7.95. The number of piperazine rings is 2. The molecule has 3 heterocycles. The molecule has 0 N–H and O–H groups in total. The van der Waals surface area contributed by atoms with Crippen LogP contribution in [-0.2, 0) is 4.79 Å². The fourth-order valence-electron chi connectivity index (χ4n) is 4.09. The first-order valence-electron chi connectivity index (χ1n) is 10.8. The molecular weight excluding hydrogens is 397 g/mol. The fourth-order valence-corrected chi connectivity index (χ4v) is 4.09. The Bertz CT molecular complexity index is 877. The molecule has 2 saturated heterocycles. The number of amides is 2. The van der Waals surface area contributed by atoms with Gasteiger partial charge in [-0.25, -0.2) is 9.37 Å². The van der Waals surface area contributed by atoms with E-state index in [1.54, 1.807) is 11.1 Å². The normalized spacial score (nSPS) is 17.6. The number of anilines is 1. The molecule has 7 nitrogen and oxygen atoms in total. The van der Waals surface area contributed by atoms with Crippen molar-refractivity contribution in [2.45, 2.75) is 6.42 Å². The highest BCUT2D eigenvalue weighted by Gasteiger charge is 2.25. The molecule has 0 aliphatic carbocycles. The molecule has 0 saturated carbocycles. The molecule has 2 amide bonds. The number of rotatable bonds is 5. The van der Waals surface area contributed by atoms with Crippen molar-refractivity contribution >= 4 is 17.6 Å². The third-order valence-corrected chi connectivity index (χ3v) is 6.00. The summed E-state index contributed by atoms with van der Waals surface area (Å²) in [5.41, 5.74) is 0.509. The zero-order valence-corrected chi connectivity index (χ0v) is 17.6. The number of nitrogens with zero attached hydrogens (tertiary/aromatic N) is 5. The third-order valence-electron chi connectivity index (χ3n) is 6.00. The number of carbonyl (C=O) groups is 2. The van der Waals surface area contributed by atoms with Crippen LogP contribution >= 0.6 is 0 Å². The Hall–Kier alpha value is -3.00. The standard InChI is InChI=1S/C23H28FN5O2/c24-20-6-4-19(5-7-20)23(31)29-13-11-26(12-14-29)10-8-22(30)28-17-15-27(16-18-28)21-3-1-2-9-25-21/h1-7,9H,8,10-18H2. The number of halogens is 1. The van der Waals surface area contributed by atoms with Crippen LogP contribution in [0.15, 0.2) is 48.7 Å². The maximum Gasteiger partial charge on any atom is 0.253 e. The predicted molar refractivity (Wildman–Crippen MR) is 116 cm³/mol. The van der Waals surface area contributed by atoms with Gasteiger partial charge in [-0.1, -0.05) is 6.07 Å². The maximum atomic E-state index is 13.1.